The third kappa shape index (κ3) is 1.80. The van der Waals surface area contributed by atoms with Crippen LogP contribution in [0.25, 0.3) is 10.8 Å². The number of rotatable bonds is 2. The summed E-state index contributed by atoms with van der Waals surface area (Å²) in [6.07, 6.45) is 0.758. The highest BCUT2D eigenvalue weighted by atomic mass is 16.5. The van der Waals surface area contributed by atoms with Gasteiger partial charge in [-0.1, -0.05) is 24.3 Å². The summed E-state index contributed by atoms with van der Waals surface area (Å²) in [5.74, 6) is -0.427. The molecule has 0 aromatic heterocycles. The lowest BCUT2D eigenvalue weighted by Crippen LogP contribution is -2.04. The van der Waals surface area contributed by atoms with Crippen LogP contribution in [-0.2, 0) is 4.74 Å². The molecule has 17 heavy (non-hydrogen) atoms. The van der Waals surface area contributed by atoms with Crippen LogP contribution in [0.3, 0.4) is 0 Å². The van der Waals surface area contributed by atoms with Crippen molar-refractivity contribution < 1.29 is 14.3 Å². The first kappa shape index (κ1) is 11.3. The van der Waals surface area contributed by atoms with E-state index in [0.29, 0.717) is 16.5 Å². The molecule has 0 amide bonds. The molecule has 2 aromatic rings. The zero-order chi connectivity index (χ0) is 12.4. The number of aryl methyl sites for hydroxylation is 1. The third-order valence-corrected chi connectivity index (χ3v) is 2.82. The molecule has 3 heteroatoms. The van der Waals surface area contributed by atoms with E-state index in [1.165, 1.54) is 7.11 Å². The molecule has 0 aliphatic carbocycles. The monoisotopic (exact) mass is 228 g/mol. The number of methoxy groups -OCH3 is 1. The molecule has 0 radical (unpaired) electrons. The highest BCUT2D eigenvalue weighted by molar-refractivity contribution is 6.11. The maximum Gasteiger partial charge on any atom is 0.338 e. The quantitative estimate of drug-likeness (QED) is 0.586. The van der Waals surface area contributed by atoms with Gasteiger partial charge in [-0.05, 0) is 23.9 Å². The van der Waals surface area contributed by atoms with E-state index in [1.54, 1.807) is 18.2 Å². The Labute approximate surface area is 99.0 Å². The molecule has 0 saturated carbocycles. The fraction of sp³-hybridized carbons (Fsp3) is 0.143. The number of ether oxygens (including phenoxy) is 1. The van der Waals surface area contributed by atoms with Gasteiger partial charge in [-0.15, -0.1) is 0 Å². The Hall–Kier alpha value is -2.16. The van der Waals surface area contributed by atoms with Crippen LogP contribution in [0, 0.1) is 6.92 Å². The van der Waals surface area contributed by atoms with Crippen molar-refractivity contribution in [1.82, 2.24) is 0 Å². The molecule has 0 saturated heterocycles. The van der Waals surface area contributed by atoms with Crippen LogP contribution in [0.4, 0.5) is 0 Å². The largest absolute Gasteiger partial charge is 0.465 e. The summed E-state index contributed by atoms with van der Waals surface area (Å²) in [6, 6.07) is 8.94. The number of benzene rings is 2. The van der Waals surface area contributed by atoms with Gasteiger partial charge in [0.15, 0.2) is 6.29 Å². The van der Waals surface area contributed by atoms with Crippen molar-refractivity contribution in [3.8, 4) is 0 Å². The van der Waals surface area contributed by atoms with E-state index in [2.05, 4.69) is 0 Å². The molecule has 0 aliphatic rings. The smallest absolute Gasteiger partial charge is 0.338 e. The van der Waals surface area contributed by atoms with Crippen molar-refractivity contribution in [2.75, 3.05) is 7.11 Å². The molecule has 86 valence electrons. The SMILES string of the molecule is COC(=O)c1ccc(C)c2cccc(C=O)c12. The highest BCUT2D eigenvalue weighted by Gasteiger charge is 2.14. The van der Waals surface area contributed by atoms with Crippen LogP contribution in [0.5, 0.6) is 0 Å². The Morgan fingerprint density at radius 1 is 1.24 bits per heavy atom. The van der Waals surface area contributed by atoms with E-state index in [0.717, 1.165) is 17.2 Å². The van der Waals surface area contributed by atoms with Crippen molar-refractivity contribution in [3.63, 3.8) is 0 Å². The molecule has 0 spiro atoms. The van der Waals surface area contributed by atoms with Gasteiger partial charge < -0.3 is 4.74 Å². The molecule has 0 N–H and O–H groups in total. The number of carbonyl (C=O) groups is 2. The number of aldehydes is 1. The molecular weight excluding hydrogens is 216 g/mol. The van der Waals surface area contributed by atoms with Crippen molar-refractivity contribution >= 4 is 23.0 Å². The predicted octanol–water partition coefficient (Wildman–Crippen LogP) is 2.75. The second-order valence-electron chi connectivity index (χ2n) is 3.81. The van der Waals surface area contributed by atoms with Crippen LogP contribution in [-0.4, -0.2) is 19.4 Å². The van der Waals surface area contributed by atoms with Gasteiger partial charge >= 0.3 is 5.97 Å². The van der Waals surface area contributed by atoms with E-state index in [9.17, 15) is 9.59 Å². The van der Waals surface area contributed by atoms with Crippen LogP contribution in [0.2, 0.25) is 0 Å². The average molecular weight is 228 g/mol. The number of hydrogen-bond donors (Lipinski definition) is 0. The Morgan fingerprint density at radius 2 is 2.00 bits per heavy atom. The van der Waals surface area contributed by atoms with Crippen LogP contribution in [0.15, 0.2) is 30.3 Å². The molecular formula is C14H12O3. The Morgan fingerprint density at radius 3 is 2.65 bits per heavy atom. The maximum atomic E-state index is 11.7. The number of hydrogen-bond acceptors (Lipinski definition) is 3. The minimum atomic E-state index is -0.427. The molecule has 2 aromatic carbocycles. The summed E-state index contributed by atoms with van der Waals surface area (Å²) in [5, 5.41) is 1.56. The number of carbonyl (C=O) groups excluding carboxylic acids is 2. The first-order valence-corrected chi connectivity index (χ1v) is 5.25. The zero-order valence-electron chi connectivity index (χ0n) is 9.69. The van der Waals surface area contributed by atoms with Crippen LogP contribution in [0.1, 0.15) is 26.3 Å². The Bertz CT molecular complexity index is 600. The van der Waals surface area contributed by atoms with Crippen LogP contribution >= 0.6 is 0 Å². The van der Waals surface area contributed by atoms with Crippen molar-refractivity contribution in [2.24, 2.45) is 0 Å². The summed E-state index contributed by atoms with van der Waals surface area (Å²) in [6.45, 7) is 1.94. The van der Waals surface area contributed by atoms with Gasteiger partial charge in [0.2, 0.25) is 0 Å². The van der Waals surface area contributed by atoms with Gasteiger partial charge in [-0.2, -0.15) is 0 Å². The number of esters is 1. The van der Waals surface area contributed by atoms with E-state index in [1.807, 2.05) is 19.1 Å². The summed E-state index contributed by atoms with van der Waals surface area (Å²) in [7, 11) is 1.33. The fourth-order valence-electron chi connectivity index (χ4n) is 1.96. The lowest BCUT2D eigenvalue weighted by atomic mass is 9.96. The first-order chi connectivity index (χ1) is 8.19. The number of fused-ring (bicyclic) bond motifs is 1. The molecule has 0 aliphatic heterocycles. The molecule has 3 nitrogen and oxygen atoms in total. The molecule has 2 rings (SSSR count). The molecule has 0 bridgehead atoms. The standard InChI is InChI=1S/C14H12O3/c1-9-6-7-12(14(16)17-2)13-10(8-15)4-3-5-11(9)13/h3-8H,1-2H3. The molecule has 0 unspecified atom stereocenters. The van der Waals surface area contributed by atoms with E-state index < -0.39 is 5.97 Å². The molecule has 0 atom stereocenters. The first-order valence-electron chi connectivity index (χ1n) is 5.25. The summed E-state index contributed by atoms with van der Waals surface area (Å²) in [4.78, 5) is 22.7. The van der Waals surface area contributed by atoms with Gasteiger partial charge in [-0.3, -0.25) is 4.79 Å². The third-order valence-electron chi connectivity index (χ3n) is 2.82. The summed E-state index contributed by atoms with van der Waals surface area (Å²) in [5.41, 5.74) is 1.96. The highest BCUT2D eigenvalue weighted by Crippen LogP contribution is 2.25. The van der Waals surface area contributed by atoms with Gasteiger partial charge in [0, 0.05) is 10.9 Å². The van der Waals surface area contributed by atoms with Crippen molar-refractivity contribution in [3.05, 3.63) is 47.0 Å². The summed E-state index contributed by atoms with van der Waals surface area (Å²) >= 11 is 0. The average Bonchev–Trinajstić information content (AvgIpc) is 2.38. The minimum absolute atomic E-state index is 0.427. The van der Waals surface area contributed by atoms with Gasteiger partial charge in [0.1, 0.15) is 0 Å². The van der Waals surface area contributed by atoms with Gasteiger partial charge in [-0.25, -0.2) is 4.79 Å². The Balaban J connectivity index is 2.90. The molecule has 0 heterocycles. The Kier molecular flexibility index (Phi) is 2.91. The second kappa shape index (κ2) is 4.37. The van der Waals surface area contributed by atoms with E-state index in [-0.39, 0.29) is 0 Å². The van der Waals surface area contributed by atoms with Crippen LogP contribution < -0.4 is 0 Å². The van der Waals surface area contributed by atoms with Gasteiger partial charge in [0.05, 0.1) is 12.7 Å². The van der Waals surface area contributed by atoms with Crippen molar-refractivity contribution in [2.45, 2.75) is 6.92 Å². The zero-order valence-corrected chi connectivity index (χ0v) is 9.69. The lowest BCUT2D eigenvalue weighted by Gasteiger charge is -2.09. The lowest BCUT2D eigenvalue weighted by molar-refractivity contribution is 0.0603. The second-order valence-corrected chi connectivity index (χ2v) is 3.81. The minimum Gasteiger partial charge on any atom is -0.465 e. The predicted molar refractivity (Wildman–Crippen MR) is 65.4 cm³/mol. The van der Waals surface area contributed by atoms with Crippen molar-refractivity contribution in [1.29, 1.82) is 0 Å². The molecule has 0 fully saturated rings. The normalized spacial score (nSPS) is 10.2. The van der Waals surface area contributed by atoms with E-state index in [4.69, 9.17) is 4.74 Å². The van der Waals surface area contributed by atoms with Gasteiger partial charge in [0.25, 0.3) is 0 Å². The summed E-state index contributed by atoms with van der Waals surface area (Å²) < 4.78 is 4.73. The maximum absolute atomic E-state index is 11.7. The fourth-order valence-corrected chi connectivity index (χ4v) is 1.96. The van der Waals surface area contributed by atoms with E-state index >= 15 is 0 Å². The topological polar surface area (TPSA) is 43.4 Å².